The van der Waals surface area contributed by atoms with E-state index in [1.54, 1.807) is 0 Å². The van der Waals surface area contributed by atoms with E-state index in [1.807, 2.05) is 0 Å². The molecule has 0 N–H and O–H groups in total. The van der Waals surface area contributed by atoms with Gasteiger partial charge in [0.1, 0.15) is 0 Å². The predicted molar refractivity (Wildman–Crippen MR) is 201 cm³/mol. The van der Waals surface area contributed by atoms with Crippen LogP contribution in [0.25, 0.3) is 11.1 Å². The Hall–Kier alpha value is -2.12. The molecule has 0 bridgehead atoms. The molecular formula is C44H62Hf. The molecule has 0 aromatic heterocycles. The molecular weight excluding hydrogens is 707 g/mol. The minimum atomic E-state index is -5.77. The summed E-state index contributed by atoms with van der Waals surface area (Å²) in [5.41, 5.74) is 10.3. The van der Waals surface area contributed by atoms with Crippen LogP contribution in [0.3, 0.4) is 0 Å². The monoisotopic (exact) mass is 770 g/mol. The van der Waals surface area contributed by atoms with Crippen LogP contribution < -0.4 is 3.32 Å². The van der Waals surface area contributed by atoms with E-state index in [9.17, 15) is 0 Å². The van der Waals surface area contributed by atoms with Gasteiger partial charge in [-0.1, -0.05) is 0 Å². The predicted octanol–water partition coefficient (Wildman–Crippen LogP) is 13.0. The van der Waals surface area contributed by atoms with Gasteiger partial charge in [0, 0.05) is 0 Å². The second kappa shape index (κ2) is 10.2. The fourth-order valence-corrected chi connectivity index (χ4v) is 48.4. The van der Waals surface area contributed by atoms with E-state index < -0.39 is 15.1 Å². The molecule has 0 aliphatic heterocycles. The van der Waals surface area contributed by atoms with Gasteiger partial charge in [-0.25, -0.2) is 0 Å². The maximum absolute atomic E-state index is 6.05. The molecule has 0 radical (unpaired) electrons. The molecule has 0 nitrogen and oxygen atoms in total. The summed E-state index contributed by atoms with van der Waals surface area (Å²) in [6.45, 7) is 21.1. The van der Waals surface area contributed by atoms with Crippen LogP contribution in [0.2, 0.25) is 17.2 Å². The molecule has 0 saturated heterocycles. The Kier molecular flexibility index (Phi) is 7.75. The molecule has 0 heterocycles. The van der Waals surface area contributed by atoms with Gasteiger partial charge in [0.25, 0.3) is 0 Å². The van der Waals surface area contributed by atoms with Crippen molar-refractivity contribution in [1.29, 1.82) is 0 Å². The van der Waals surface area contributed by atoms with Crippen molar-refractivity contribution >= 4 is 7.58 Å². The fraction of sp³-hybridized carbons (Fsp3) is 0.477. The number of benzene rings is 3. The zero-order valence-electron chi connectivity index (χ0n) is 30.6. The van der Waals surface area contributed by atoms with Gasteiger partial charge in [0.05, 0.1) is 0 Å². The minimum absolute atomic E-state index is 0.0607. The van der Waals surface area contributed by atoms with Crippen molar-refractivity contribution in [2.45, 2.75) is 126 Å². The summed E-state index contributed by atoms with van der Waals surface area (Å²) in [5, 5.41) is 0. The van der Waals surface area contributed by atoms with E-state index in [0.29, 0.717) is 5.92 Å². The van der Waals surface area contributed by atoms with E-state index >= 15 is 0 Å². The molecule has 0 amide bonds. The Labute approximate surface area is 270 Å². The first-order valence-corrected chi connectivity index (χ1v) is 36.2. The third kappa shape index (κ3) is 5.05. The normalized spacial score (nSPS) is 18.0. The third-order valence-corrected chi connectivity index (χ3v) is 56.8. The quantitative estimate of drug-likeness (QED) is 0.150. The molecule has 2 aliphatic carbocycles. The summed E-state index contributed by atoms with van der Waals surface area (Å²) < 4.78 is 14.8. The van der Waals surface area contributed by atoms with Crippen LogP contribution in [0.4, 0.5) is 0 Å². The zero-order valence-corrected chi connectivity index (χ0v) is 34.2. The van der Waals surface area contributed by atoms with Crippen LogP contribution >= 0.6 is 0 Å². The third-order valence-electron chi connectivity index (χ3n) is 13.3. The van der Waals surface area contributed by atoms with Gasteiger partial charge < -0.3 is 0 Å². The fourth-order valence-electron chi connectivity index (χ4n) is 9.85. The molecule has 2 aliphatic rings. The van der Waals surface area contributed by atoms with Crippen LogP contribution in [-0.4, -0.2) is 4.26 Å². The molecule has 3 aromatic rings. The maximum atomic E-state index is 6.05. The van der Waals surface area contributed by atoms with Crippen LogP contribution in [0, 0.1) is 0 Å². The van der Waals surface area contributed by atoms with Crippen LogP contribution in [0.15, 0.2) is 85.0 Å². The summed E-state index contributed by atoms with van der Waals surface area (Å²) in [5.74, 6) is 0.496. The topological polar surface area (TPSA) is 0 Å². The van der Waals surface area contributed by atoms with Crippen molar-refractivity contribution in [2.24, 2.45) is 0 Å². The van der Waals surface area contributed by atoms with Crippen LogP contribution in [0.5, 0.6) is 0 Å². The van der Waals surface area contributed by atoms with Gasteiger partial charge in [-0.15, -0.1) is 0 Å². The second-order valence-electron chi connectivity index (χ2n) is 19.9. The Bertz CT molecular complexity index is 1720. The van der Waals surface area contributed by atoms with Crippen molar-refractivity contribution in [3.05, 3.63) is 113 Å². The first kappa shape index (κ1) is 34.2. The van der Waals surface area contributed by atoms with Gasteiger partial charge in [-0.05, 0) is 0 Å². The van der Waals surface area contributed by atoms with Gasteiger partial charge >= 0.3 is 272 Å². The second-order valence-corrected chi connectivity index (χ2v) is 67.3. The summed E-state index contributed by atoms with van der Waals surface area (Å²) in [6.07, 6.45) is 14.7. The van der Waals surface area contributed by atoms with E-state index in [0.717, 1.165) is 4.18 Å². The molecule has 5 rings (SSSR count). The Morgan fingerprint density at radius 1 is 0.689 bits per heavy atom. The Balaban J connectivity index is 2.01. The summed E-state index contributed by atoms with van der Waals surface area (Å²) in [7, 11) is 0. The van der Waals surface area contributed by atoms with Gasteiger partial charge in [-0.3, -0.25) is 0 Å². The number of allylic oxidation sites excluding steroid dienone is 4. The summed E-state index contributed by atoms with van der Waals surface area (Å²) in [6, 6.07) is 24.9. The SMILES string of the molecule is [CH2]=[Hf]([CH3])([CH3])([CH2]CCCCC)([c]1ccc(C(C)C)cc1)([CH]1C=CC=C1)[CH]1c2cc(C(C)(C)C)ccc2-c2ccc(C(C)(C)C)cc21. The number of fused-ring (bicyclic) bond motifs is 3. The Morgan fingerprint density at radius 2 is 1.18 bits per heavy atom. The first-order valence-electron chi connectivity index (χ1n) is 18.0. The molecule has 0 fully saturated rings. The molecule has 1 heteroatoms. The van der Waals surface area contributed by atoms with E-state index in [4.69, 9.17) is 4.26 Å². The number of rotatable bonds is 9. The van der Waals surface area contributed by atoms with Gasteiger partial charge in [0.15, 0.2) is 0 Å². The van der Waals surface area contributed by atoms with Crippen molar-refractivity contribution in [3.63, 3.8) is 0 Å². The molecule has 242 valence electrons. The standard InChI is InChI=1S/C21H25.C9H11.C6H13.C5H5.2CH3.CH2.Hf/c1-20(2,3)16-7-9-18-14(12-16)11-15-13-17(21(4,5)6)8-10-19(15)18;1-8(2)9-6-4-3-5-7-9;1-3-5-6-4-2;1-2-4-5-3-1;;;;/h7-13H,1-6H3;4-8H,1-2H3;1,3-6H2,2H3;1-5H;2*1H3;1H2;. The van der Waals surface area contributed by atoms with E-state index in [-0.39, 0.29) is 18.2 Å². The molecule has 45 heavy (non-hydrogen) atoms. The molecule has 0 saturated carbocycles. The van der Waals surface area contributed by atoms with Crippen LogP contribution in [-0.2, 0) is 25.9 Å². The first-order chi connectivity index (χ1) is 20.7. The average Bonchev–Trinajstić information content (AvgIpc) is 3.63. The number of hydrogen-bond donors (Lipinski definition) is 0. The van der Waals surface area contributed by atoms with Crippen molar-refractivity contribution in [2.75, 3.05) is 0 Å². The molecule has 0 atom stereocenters. The van der Waals surface area contributed by atoms with Crippen molar-refractivity contribution in [3.8, 4) is 11.1 Å². The zero-order chi connectivity index (χ0) is 33.2. The van der Waals surface area contributed by atoms with Gasteiger partial charge in [0.2, 0.25) is 0 Å². The van der Waals surface area contributed by atoms with Crippen molar-refractivity contribution < 1.29 is 15.1 Å². The van der Waals surface area contributed by atoms with Gasteiger partial charge in [-0.2, -0.15) is 0 Å². The number of unbranched alkanes of at least 4 members (excludes halogenated alkanes) is 3. The van der Waals surface area contributed by atoms with Crippen LogP contribution in [0.1, 0.15) is 125 Å². The summed E-state index contributed by atoms with van der Waals surface area (Å²) in [4.78, 5) is 0. The van der Waals surface area contributed by atoms with E-state index in [2.05, 4.69) is 157 Å². The molecule has 0 unspecified atom stereocenters. The molecule has 0 spiro atoms. The Morgan fingerprint density at radius 3 is 1.60 bits per heavy atom. The average molecular weight is 769 g/mol. The number of hydrogen-bond acceptors (Lipinski definition) is 0. The molecule has 3 aromatic carbocycles. The van der Waals surface area contributed by atoms with E-state index in [1.165, 1.54) is 67.9 Å². The summed E-state index contributed by atoms with van der Waals surface area (Å²) >= 11 is -5.77. The van der Waals surface area contributed by atoms with Crippen molar-refractivity contribution in [1.82, 2.24) is 0 Å².